The number of hydrogen-bond acceptors (Lipinski definition) is 4. The van der Waals surface area contributed by atoms with Gasteiger partial charge in [0.25, 0.3) is 0 Å². The lowest BCUT2D eigenvalue weighted by Crippen LogP contribution is -2.57. The number of aliphatic hydroxyl groups excluding tert-OH is 1. The van der Waals surface area contributed by atoms with Gasteiger partial charge in [-0.05, 0) is 60.0 Å². The van der Waals surface area contributed by atoms with Crippen molar-refractivity contribution in [1.29, 1.82) is 0 Å². The van der Waals surface area contributed by atoms with Crippen LogP contribution in [0.15, 0.2) is 42.5 Å². The number of carbonyl (C=O) groups is 1. The van der Waals surface area contributed by atoms with Gasteiger partial charge in [-0.15, -0.1) is 0 Å². The van der Waals surface area contributed by atoms with E-state index in [1.165, 1.54) is 24.6 Å². The summed E-state index contributed by atoms with van der Waals surface area (Å²) in [6.45, 7) is 9.78. The highest BCUT2D eigenvalue weighted by molar-refractivity contribution is 5.73. The fraction of sp³-hybridized carbons (Fsp3) is 0.519. The third-order valence-corrected chi connectivity index (χ3v) is 6.55. The van der Waals surface area contributed by atoms with Gasteiger partial charge in [-0.25, -0.2) is 8.78 Å². The smallest absolute Gasteiger partial charge is 0.217 e. The molecule has 34 heavy (non-hydrogen) atoms. The highest BCUT2D eigenvalue weighted by Crippen LogP contribution is 2.32. The molecule has 186 valence electrons. The van der Waals surface area contributed by atoms with Crippen molar-refractivity contribution < 1.29 is 18.7 Å². The second kappa shape index (κ2) is 10.9. The van der Waals surface area contributed by atoms with Crippen molar-refractivity contribution in [3.63, 3.8) is 0 Å². The van der Waals surface area contributed by atoms with Gasteiger partial charge in [0.15, 0.2) is 0 Å². The van der Waals surface area contributed by atoms with E-state index in [1.54, 1.807) is 0 Å². The van der Waals surface area contributed by atoms with Gasteiger partial charge < -0.3 is 21.1 Å². The van der Waals surface area contributed by atoms with Crippen LogP contribution in [0.4, 0.5) is 8.78 Å². The molecule has 1 aliphatic heterocycles. The lowest BCUT2D eigenvalue weighted by atomic mass is 9.79. The van der Waals surface area contributed by atoms with E-state index in [2.05, 4.69) is 61.0 Å². The van der Waals surface area contributed by atoms with E-state index in [1.807, 2.05) is 0 Å². The Hall–Kier alpha value is -2.35. The van der Waals surface area contributed by atoms with Gasteiger partial charge in [-0.2, -0.15) is 0 Å². The van der Waals surface area contributed by atoms with Gasteiger partial charge in [0.1, 0.15) is 11.6 Å². The summed E-state index contributed by atoms with van der Waals surface area (Å²) in [7, 11) is 0. The summed E-state index contributed by atoms with van der Waals surface area (Å²) in [5, 5.41) is 20.8. The maximum Gasteiger partial charge on any atom is 0.217 e. The third-order valence-electron chi connectivity index (χ3n) is 6.55. The molecule has 1 heterocycles. The number of aliphatic hydroxyl groups is 1. The zero-order valence-corrected chi connectivity index (χ0v) is 20.6. The van der Waals surface area contributed by atoms with Crippen LogP contribution in [0.25, 0.3) is 0 Å². The van der Waals surface area contributed by atoms with Gasteiger partial charge in [0.2, 0.25) is 5.91 Å². The number of halogens is 2. The molecule has 4 N–H and O–H groups in total. The van der Waals surface area contributed by atoms with E-state index < -0.39 is 23.8 Å². The lowest BCUT2D eigenvalue weighted by Gasteiger charge is -2.41. The van der Waals surface area contributed by atoms with Crippen molar-refractivity contribution in [1.82, 2.24) is 16.0 Å². The molecular formula is C27H37F2N3O2. The monoisotopic (exact) mass is 473 g/mol. The van der Waals surface area contributed by atoms with Crippen LogP contribution in [-0.2, 0) is 22.2 Å². The van der Waals surface area contributed by atoms with Crippen LogP contribution >= 0.6 is 0 Å². The van der Waals surface area contributed by atoms with Crippen molar-refractivity contribution in [2.45, 2.75) is 70.1 Å². The molecule has 0 saturated carbocycles. The molecule has 0 aliphatic carbocycles. The standard InChI is InChI=1S/C27H37F2N3O2/c1-18(33)32-24(13-19-11-22(28)15-23(29)12-19)25(34)16-31-27(9-6-10-30-17-27)21-8-5-7-20(14-21)26(2,3)4/h5,7-8,11-12,14-15,24-25,30-31,34H,6,9-10,13,16-17H2,1-4H3,(H,32,33). The molecule has 0 aromatic heterocycles. The van der Waals surface area contributed by atoms with Crippen molar-refractivity contribution >= 4 is 5.91 Å². The van der Waals surface area contributed by atoms with Crippen molar-refractivity contribution in [3.8, 4) is 0 Å². The number of piperidine rings is 1. The van der Waals surface area contributed by atoms with E-state index in [-0.39, 0.29) is 29.8 Å². The van der Waals surface area contributed by atoms with E-state index in [4.69, 9.17) is 0 Å². The summed E-state index contributed by atoms with van der Waals surface area (Å²) in [6.07, 6.45) is 1.04. The van der Waals surface area contributed by atoms with Gasteiger partial charge in [-0.3, -0.25) is 4.79 Å². The summed E-state index contributed by atoms with van der Waals surface area (Å²) >= 11 is 0. The number of carbonyl (C=O) groups excluding carboxylic acids is 1. The Morgan fingerprint density at radius 3 is 2.47 bits per heavy atom. The molecule has 1 fully saturated rings. The summed E-state index contributed by atoms with van der Waals surface area (Å²) in [6, 6.07) is 11.1. The van der Waals surface area contributed by atoms with Gasteiger partial charge in [0.05, 0.1) is 17.7 Å². The first-order valence-electron chi connectivity index (χ1n) is 12.0. The summed E-state index contributed by atoms with van der Waals surface area (Å²) in [5.74, 6) is -1.68. The fourth-order valence-electron chi connectivity index (χ4n) is 4.66. The molecule has 3 unspecified atom stereocenters. The van der Waals surface area contributed by atoms with E-state index in [0.29, 0.717) is 12.1 Å². The number of hydrogen-bond donors (Lipinski definition) is 4. The maximum absolute atomic E-state index is 13.7. The topological polar surface area (TPSA) is 73.4 Å². The molecule has 5 nitrogen and oxygen atoms in total. The number of nitrogens with one attached hydrogen (secondary N) is 3. The van der Waals surface area contributed by atoms with Crippen molar-refractivity contribution in [2.24, 2.45) is 0 Å². The molecule has 1 amide bonds. The number of amides is 1. The zero-order valence-electron chi connectivity index (χ0n) is 20.6. The second-order valence-electron chi connectivity index (χ2n) is 10.4. The molecule has 2 aromatic rings. The van der Waals surface area contributed by atoms with Crippen molar-refractivity contribution in [2.75, 3.05) is 19.6 Å². The summed E-state index contributed by atoms with van der Waals surface area (Å²) in [4.78, 5) is 11.8. The third kappa shape index (κ3) is 6.84. The van der Waals surface area contributed by atoms with Crippen LogP contribution in [0, 0.1) is 11.6 Å². The minimum atomic E-state index is -0.958. The first-order valence-corrected chi connectivity index (χ1v) is 12.0. The van der Waals surface area contributed by atoms with Gasteiger partial charge in [-0.1, -0.05) is 45.0 Å². The molecule has 0 spiro atoms. The normalized spacial score (nSPS) is 20.6. The largest absolute Gasteiger partial charge is 0.390 e. The first-order chi connectivity index (χ1) is 16.0. The van der Waals surface area contributed by atoms with Gasteiger partial charge in [0, 0.05) is 26.1 Å². The average Bonchev–Trinajstić information content (AvgIpc) is 2.76. The average molecular weight is 474 g/mol. The van der Waals surface area contributed by atoms with Crippen LogP contribution in [0.3, 0.4) is 0 Å². The quantitative estimate of drug-likeness (QED) is 0.473. The Balaban J connectivity index is 1.80. The van der Waals surface area contributed by atoms with Crippen LogP contribution in [0.1, 0.15) is 57.2 Å². The van der Waals surface area contributed by atoms with Crippen LogP contribution in [-0.4, -0.2) is 42.8 Å². The van der Waals surface area contributed by atoms with Crippen LogP contribution < -0.4 is 16.0 Å². The molecule has 3 rings (SSSR count). The van der Waals surface area contributed by atoms with E-state index >= 15 is 0 Å². The summed E-state index contributed by atoms with van der Waals surface area (Å²) in [5.41, 5.74) is 2.41. The van der Waals surface area contributed by atoms with Crippen LogP contribution in [0.5, 0.6) is 0 Å². The SMILES string of the molecule is CC(=O)NC(Cc1cc(F)cc(F)c1)C(O)CNC1(c2cccc(C(C)(C)C)c2)CCCNC1. The molecule has 1 aliphatic rings. The highest BCUT2D eigenvalue weighted by atomic mass is 19.1. The van der Waals surface area contributed by atoms with Crippen molar-refractivity contribution in [3.05, 3.63) is 70.8 Å². The lowest BCUT2D eigenvalue weighted by molar-refractivity contribution is -0.120. The molecule has 7 heteroatoms. The number of benzene rings is 2. The Labute approximate surface area is 201 Å². The van der Waals surface area contributed by atoms with Gasteiger partial charge >= 0.3 is 0 Å². The van der Waals surface area contributed by atoms with Crippen LogP contribution in [0.2, 0.25) is 0 Å². The number of rotatable bonds is 8. The first kappa shape index (κ1) is 26.3. The Bertz CT molecular complexity index is 964. The van der Waals surface area contributed by atoms with E-state index in [0.717, 1.165) is 31.0 Å². The minimum absolute atomic E-state index is 0.00947. The highest BCUT2D eigenvalue weighted by Gasteiger charge is 2.35. The molecule has 1 saturated heterocycles. The van der Waals surface area contributed by atoms with E-state index in [9.17, 15) is 18.7 Å². The molecule has 2 aromatic carbocycles. The fourth-order valence-corrected chi connectivity index (χ4v) is 4.66. The Kier molecular flexibility index (Phi) is 8.44. The molecule has 0 bridgehead atoms. The Morgan fingerprint density at radius 2 is 1.88 bits per heavy atom. The zero-order chi connectivity index (χ0) is 24.9. The minimum Gasteiger partial charge on any atom is -0.390 e. The molecule has 0 radical (unpaired) electrons. The molecule has 3 atom stereocenters. The predicted molar refractivity (Wildman–Crippen MR) is 131 cm³/mol. The molecular weight excluding hydrogens is 436 g/mol. The Morgan fingerprint density at radius 1 is 1.18 bits per heavy atom. The maximum atomic E-state index is 13.7. The second-order valence-corrected chi connectivity index (χ2v) is 10.4. The summed E-state index contributed by atoms with van der Waals surface area (Å²) < 4.78 is 27.4. The predicted octanol–water partition coefficient (Wildman–Crippen LogP) is 3.54.